The van der Waals surface area contributed by atoms with Gasteiger partial charge in [-0.3, -0.25) is 19.2 Å². The molecule has 2 aliphatic heterocycles. The summed E-state index contributed by atoms with van der Waals surface area (Å²) in [6.45, 7) is 1.83. The molecule has 0 unspecified atom stereocenters. The second-order valence-electron chi connectivity index (χ2n) is 8.83. The van der Waals surface area contributed by atoms with Crippen LogP contribution in [0.15, 0.2) is 72.8 Å². The SMILES string of the molecule is Cc1ccccc1[C@@H]1OC2(C(=O)c3ccccc3C2=O)[C@H]2C(=O)N(c3cccc(F)c3)C(=O)[C@H]12. The average molecular weight is 455 g/mol. The third kappa shape index (κ3) is 2.47. The van der Waals surface area contributed by atoms with Gasteiger partial charge in [0.15, 0.2) is 0 Å². The van der Waals surface area contributed by atoms with Gasteiger partial charge in [0.25, 0.3) is 0 Å². The molecular formula is C27H18FNO5. The fraction of sp³-hybridized carbons (Fsp3) is 0.185. The number of imide groups is 1. The number of hydrogen-bond acceptors (Lipinski definition) is 5. The van der Waals surface area contributed by atoms with E-state index in [1.807, 2.05) is 19.1 Å². The van der Waals surface area contributed by atoms with Gasteiger partial charge in [0.2, 0.25) is 29.0 Å². The van der Waals surface area contributed by atoms with E-state index < -0.39 is 52.7 Å². The highest BCUT2D eigenvalue weighted by atomic mass is 19.1. The molecule has 3 aromatic rings. The van der Waals surface area contributed by atoms with Crippen LogP contribution in [0, 0.1) is 24.6 Å². The Morgan fingerprint density at radius 2 is 1.47 bits per heavy atom. The molecule has 1 spiro atoms. The summed E-state index contributed by atoms with van der Waals surface area (Å²) >= 11 is 0. The highest BCUT2D eigenvalue weighted by molar-refractivity contribution is 6.37. The van der Waals surface area contributed by atoms with Crippen molar-refractivity contribution in [2.24, 2.45) is 11.8 Å². The minimum atomic E-state index is -2.14. The smallest absolute Gasteiger partial charge is 0.241 e. The molecule has 1 aliphatic carbocycles. The lowest BCUT2D eigenvalue weighted by Gasteiger charge is -2.27. The number of carbonyl (C=O) groups excluding carboxylic acids is 4. The first-order chi connectivity index (χ1) is 16.4. The number of anilines is 1. The lowest BCUT2D eigenvalue weighted by Crippen LogP contribution is -2.51. The molecule has 3 aromatic carbocycles. The van der Waals surface area contributed by atoms with Crippen molar-refractivity contribution in [3.63, 3.8) is 0 Å². The fourth-order valence-electron chi connectivity index (χ4n) is 5.58. The Morgan fingerprint density at radius 3 is 2.12 bits per heavy atom. The number of nitrogens with zero attached hydrogens (tertiary/aromatic N) is 1. The number of rotatable bonds is 2. The lowest BCUT2D eigenvalue weighted by atomic mass is 9.77. The van der Waals surface area contributed by atoms with Gasteiger partial charge in [0.05, 0.1) is 23.6 Å². The third-order valence-electron chi connectivity index (χ3n) is 7.08. The number of Topliss-reactive ketones (excluding diaryl/α,β-unsaturated/α-hetero) is 2. The molecule has 168 valence electrons. The van der Waals surface area contributed by atoms with Crippen LogP contribution in [0.4, 0.5) is 10.1 Å². The predicted molar refractivity (Wildman–Crippen MR) is 119 cm³/mol. The zero-order valence-corrected chi connectivity index (χ0v) is 18.0. The van der Waals surface area contributed by atoms with Crippen LogP contribution in [0.3, 0.4) is 0 Å². The van der Waals surface area contributed by atoms with Crippen molar-refractivity contribution in [2.75, 3.05) is 4.90 Å². The first kappa shape index (κ1) is 20.6. The molecule has 0 aromatic heterocycles. The van der Waals surface area contributed by atoms with E-state index in [0.717, 1.165) is 16.5 Å². The Bertz CT molecular complexity index is 1390. The second-order valence-corrected chi connectivity index (χ2v) is 8.83. The molecule has 2 saturated heterocycles. The second kappa shape index (κ2) is 7.01. The molecule has 2 amide bonds. The number of carbonyl (C=O) groups is 4. The minimum absolute atomic E-state index is 0.0542. The molecule has 7 heteroatoms. The molecule has 6 rings (SSSR count). The van der Waals surface area contributed by atoms with Crippen molar-refractivity contribution < 1.29 is 28.3 Å². The molecule has 3 atom stereocenters. The third-order valence-corrected chi connectivity index (χ3v) is 7.08. The van der Waals surface area contributed by atoms with Gasteiger partial charge < -0.3 is 4.74 Å². The first-order valence-electron chi connectivity index (χ1n) is 10.9. The van der Waals surface area contributed by atoms with Crippen LogP contribution in [0.2, 0.25) is 0 Å². The molecule has 3 aliphatic rings. The molecule has 2 fully saturated rings. The lowest BCUT2D eigenvalue weighted by molar-refractivity contribution is -0.127. The van der Waals surface area contributed by atoms with Crippen LogP contribution in [0.1, 0.15) is 37.9 Å². The van der Waals surface area contributed by atoms with E-state index in [1.165, 1.54) is 30.3 Å². The number of amides is 2. The Morgan fingerprint density at radius 1 is 0.824 bits per heavy atom. The molecule has 34 heavy (non-hydrogen) atoms. The van der Waals surface area contributed by atoms with Gasteiger partial charge >= 0.3 is 0 Å². The summed E-state index contributed by atoms with van der Waals surface area (Å²) in [5.41, 5.74) is -0.340. The van der Waals surface area contributed by atoms with Crippen LogP contribution in [0.5, 0.6) is 0 Å². The average Bonchev–Trinajstić information content (AvgIpc) is 3.39. The summed E-state index contributed by atoms with van der Waals surface area (Å²) in [6.07, 6.45) is -0.997. The molecule has 6 nitrogen and oxygen atoms in total. The first-order valence-corrected chi connectivity index (χ1v) is 10.9. The van der Waals surface area contributed by atoms with Crippen LogP contribution in [-0.4, -0.2) is 29.0 Å². The van der Waals surface area contributed by atoms with E-state index in [-0.39, 0.29) is 16.8 Å². The van der Waals surface area contributed by atoms with E-state index in [9.17, 15) is 23.6 Å². The number of aryl methyl sites for hydroxylation is 1. The quantitative estimate of drug-likeness (QED) is 0.433. The zero-order chi connectivity index (χ0) is 23.8. The molecule has 0 saturated carbocycles. The number of halogens is 1. The number of fused-ring (bicyclic) bond motifs is 3. The van der Waals surface area contributed by atoms with Crippen LogP contribution < -0.4 is 4.90 Å². The molecule has 0 bridgehead atoms. The van der Waals surface area contributed by atoms with Gasteiger partial charge in [-0.15, -0.1) is 0 Å². The van der Waals surface area contributed by atoms with Gasteiger partial charge in [0.1, 0.15) is 5.82 Å². The summed E-state index contributed by atoms with van der Waals surface area (Å²) in [7, 11) is 0. The van der Waals surface area contributed by atoms with Gasteiger partial charge in [-0.2, -0.15) is 0 Å². The standard InChI is InChI=1S/C27H18FNO5/c1-14-7-2-3-10-17(14)22-20-21(26(33)29(25(20)32)16-9-6-8-15(28)13-16)27(34-22)23(30)18-11-4-5-12-19(18)24(27)31/h2-13,20-22H,1H3/t20-,21+,22-/m0/s1. The van der Waals surface area contributed by atoms with E-state index in [1.54, 1.807) is 24.3 Å². The van der Waals surface area contributed by atoms with Gasteiger partial charge in [-0.05, 0) is 36.2 Å². The van der Waals surface area contributed by atoms with Crippen molar-refractivity contribution in [1.29, 1.82) is 0 Å². The largest absolute Gasteiger partial charge is 0.349 e. The van der Waals surface area contributed by atoms with Crippen LogP contribution in [0.25, 0.3) is 0 Å². The highest BCUT2D eigenvalue weighted by Gasteiger charge is 2.74. The molecule has 0 radical (unpaired) electrons. The maximum Gasteiger partial charge on any atom is 0.241 e. The maximum absolute atomic E-state index is 14.0. The number of ketones is 2. The zero-order valence-electron chi connectivity index (χ0n) is 18.0. The predicted octanol–water partition coefficient (Wildman–Crippen LogP) is 3.83. The number of benzene rings is 3. The van der Waals surface area contributed by atoms with E-state index in [4.69, 9.17) is 4.74 Å². The number of hydrogen-bond donors (Lipinski definition) is 0. The van der Waals surface area contributed by atoms with Crippen molar-refractivity contribution in [2.45, 2.75) is 18.6 Å². The molecule has 0 N–H and O–H groups in total. The molecular weight excluding hydrogens is 437 g/mol. The van der Waals surface area contributed by atoms with Crippen LogP contribution >= 0.6 is 0 Å². The van der Waals surface area contributed by atoms with Gasteiger partial charge in [-0.25, -0.2) is 9.29 Å². The van der Waals surface area contributed by atoms with E-state index in [0.29, 0.717) is 5.56 Å². The van der Waals surface area contributed by atoms with E-state index in [2.05, 4.69) is 0 Å². The Balaban J connectivity index is 1.57. The summed E-state index contributed by atoms with van der Waals surface area (Å²) in [5.74, 6) is -5.70. The fourth-order valence-corrected chi connectivity index (χ4v) is 5.58. The van der Waals surface area contributed by atoms with Crippen molar-refractivity contribution >= 4 is 29.1 Å². The topological polar surface area (TPSA) is 80.8 Å². The van der Waals surface area contributed by atoms with Gasteiger partial charge in [-0.1, -0.05) is 54.6 Å². The maximum atomic E-state index is 14.0. The summed E-state index contributed by atoms with van der Waals surface area (Å²) in [4.78, 5) is 55.8. The Hall–Kier alpha value is -3.97. The monoisotopic (exact) mass is 455 g/mol. The highest BCUT2D eigenvalue weighted by Crippen LogP contribution is 2.58. The Kier molecular flexibility index (Phi) is 4.25. The number of ether oxygens (including phenoxy) is 1. The van der Waals surface area contributed by atoms with Crippen molar-refractivity contribution in [3.8, 4) is 0 Å². The van der Waals surface area contributed by atoms with Crippen molar-refractivity contribution in [1.82, 2.24) is 0 Å². The van der Waals surface area contributed by atoms with Crippen LogP contribution in [-0.2, 0) is 14.3 Å². The normalized spacial score (nSPS) is 24.8. The summed E-state index contributed by atoms with van der Waals surface area (Å²) in [6, 6.07) is 18.6. The van der Waals surface area contributed by atoms with Gasteiger partial charge in [0, 0.05) is 11.1 Å². The minimum Gasteiger partial charge on any atom is -0.349 e. The Labute approximate surface area is 193 Å². The van der Waals surface area contributed by atoms with Crippen molar-refractivity contribution in [3.05, 3.63) is 101 Å². The molecule has 2 heterocycles. The summed E-state index contributed by atoms with van der Waals surface area (Å²) < 4.78 is 20.2. The van der Waals surface area contributed by atoms with E-state index >= 15 is 0 Å². The summed E-state index contributed by atoms with van der Waals surface area (Å²) in [5, 5.41) is 0.